The molecule has 0 aromatic carbocycles. The van der Waals surface area contributed by atoms with Crippen LogP contribution in [0.15, 0.2) is 27.8 Å². The van der Waals surface area contributed by atoms with E-state index in [0.29, 0.717) is 39.2 Å². The van der Waals surface area contributed by atoms with E-state index in [4.69, 9.17) is 14.1 Å². The van der Waals surface area contributed by atoms with Gasteiger partial charge in [-0.25, -0.2) is 4.79 Å². The highest BCUT2D eigenvalue weighted by molar-refractivity contribution is 14.0. The van der Waals surface area contributed by atoms with Crippen LogP contribution in [-0.2, 0) is 16.0 Å². The summed E-state index contributed by atoms with van der Waals surface area (Å²) in [6.07, 6.45) is 5.28. The Kier molecular flexibility index (Phi) is 11.1. The van der Waals surface area contributed by atoms with Crippen molar-refractivity contribution in [1.29, 1.82) is 0 Å². The highest BCUT2D eigenvalue weighted by atomic mass is 127. The number of carbonyl (C=O) groups is 2. The average molecular weight is 561 g/mol. The zero-order valence-electron chi connectivity index (χ0n) is 19.0. The van der Waals surface area contributed by atoms with Crippen LogP contribution >= 0.6 is 24.0 Å². The first-order chi connectivity index (χ1) is 15.1. The Morgan fingerprint density at radius 2 is 1.81 bits per heavy atom. The number of halogens is 1. The van der Waals surface area contributed by atoms with Crippen LogP contribution in [0.3, 0.4) is 0 Å². The zero-order valence-corrected chi connectivity index (χ0v) is 21.4. The molecule has 1 unspecified atom stereocenters. The zero-order chi connectivity index (χ0) is 22.1. The van der Waals surface area contributed by atoms with E-state index in [1.165, 1.54) is 0 Å². The maximum absolute atomic E-state index is 12.0. The summed E-state index contributed by atoms with van der Waals surface area (Å²) in [5.74, 6) is 1.86. The molecule has 2 amide bonds. The summed E-state index contributed by atoms with van der Waals surface area (Å²) in [5, 5.41) is 7.05. The lowest BCUT2D eigenvalue weighted by Gasteiger charge is -2.32. The predicted molar refractivity (Wildman–Crippen MR) is 133 cm³/mol. The number of nitrogens with zero attached hydrogens (tertiary/aromatic N) is 3. The smallest absolute Gasteiger partial charge is 0.409 e. The number of amides is 2. The molecular formula is C22H36IN5O4. The van der Waals surface area contributed by atoms with E-state index in [0.717, 1.165) is 43.9 Å². The molecule has 3 heterocycles. The van der Waals surface area contributed by atoms with E-state index in [9.17, 15) is 9.59 Å². The van der Waals surface area contributed by atoms with Gasteiger partial charge in [-0.05, 0) is 38.3 Å². The van der Waals surface area contributed by atoms with Crippen molar-refractivity contribution < 1.29 is 18.7 Å². The van der Waals surface area contributed by atoms with E-state index >= 15 is 0 Å². The molecule has 10 heteroatoms. The Balaban J connectivity index is 0.00000363. The molecule has 1 atom stereocenters. The molecular weight excluding hydrogens is 525 g/mol. The summed E-state index contributed by atoms with van der Waals surface area (Å²) >= 11 is 0. The maximum Gasteiger partial charge on any atom is 0.409 e. The topological polar surface area (TPSA) is 99.4 Å². The van der Waals surface area contributed by atoms with E-state index in [2.05, 4.69) is 10.6 Å². The molecule has 0 spiro atoms. The Morgan fingerprint density at radius 1 is 1.12 bits per heavy atom. The molecule has 1 aromatic heterocycles. The minimum atomic E-state index is -0.238. The van der Waals surface area contributed by atoms with Gasteiger partial charge in [0, 0.05) is 57.6 Å². The molecule has 2 saturated heterocycles. The van der Waals surface area contributed by atoms with Crippen molar-refractivity contribution in [2.75, 3.05) is 39.3 Å². The van der Waals surface area contributed by atoms with Crippen LogP contribution < -0.4 is 10.6 Å². The normalized spacial score (nSPS) is 19.4. The summed E-state index contributed by atoms with van der Waals surface area (Å²) in [6.45, 7) is 7.53. The van der Waals surface area contributed by atoms with Crippen molar-refractivity contribution in [3.63, 3.8) is 0 Å². The van der Waals surface area contributed by atoms with Crippen molar-refractivity contribution in [2.24, 2.45) is 4.99 Å². The van der Waals surface area contributed by atoms with Gasteiger partial charge in [-0.3, -0.25) is 9.79 Å². The van der Waals surface area contributed by atoms with Crippen LogP contribution in [0.2, 0.25) is 0 Å². The molecule has 3 rings (SSSR count). The Hall–Kier alpha value is -1.98. The van der Waals surface area contributed by atoms with E-state index in [1.54, 1.807) is 11.2 Å². The Bertz CT molecular complexity index is 735. The van der Waals surface area contributed by atoms with Crippen LogP contribution in [-0.4, -0.2) is 79.2 Å². The van der Waals surface area contributed by atoms with Crippen LogP contribution in [0, 0.1) is 0 Å². The van der Waals surface area contributed by atoms with Crippen molar-refractivity contribution >= 4 is 41.9 Å². The van der Waals surface area contributed by atoms with Crippen molar-refractivity contribution in [3.05, 3.63) is 24.2 Å². The second-order valence-corrected chi connectivity index (χ2v) is 7.99. The van der Waals surface area contributed by atoms with Gasteiger partial charge in [0.15, 0.2) is 5.96 Å². The lowest BCUT2D eigenvalue weighted by Crippen LogP contribution is -2.52. The molecule has 2 fully saturated rings. The minimum Gasteiger partial charge on any atom is -0.469 e. The molecule has 9 nitrogen and oxygen atoms in total. The molecule has 2 aliphatic heterocycles. The van der Waals surface area contributed by atoms with Crippen molar-refractivity contribution in [2.45, 2.75) is 58.0 Å². The van der Waals surface area contributed by atoms with Gasteiger partial charge in [0.1, 0.15) is 5.76 Å². The molecule has 0 saturated carbocycles. The monoisotopic (exact) mass is 561 g/mol. The fourth-order valence-corrected chi connectivity index (χ4v) is 4.00. The first-order valence-electron chi connectivity index (χ1n) is 11.4. The molecule has 1 aromatic rings. The largest absolute Gasteiger partial charge is 0.469 e. The Morgan fingerprint density at radius 3 is 2.47 bits per heavy atom. The lowest BCUT2D eigenvalue weighted by atomic mass is 10.1. The molecule has 0 bridgehead atoms. The number of piperidine rings is 1. The number of nitrogens with one attached hydrogen (secondary N) is 2. The van der Waals surface area contributed by atoms with E-state index < -0.39 is 0 Å². The molecule has 180 valence electrons. The van der Waals surface area contributed by atoms with Gasteiger partial charge in [0.2, 0.25) is 5.91 Å². The number of furan rings is 1. The van der Waals surface area contributed by atoms with Gasteiger partial charge < -0.3 is 29.6 Å². The van der Waals surface area contributed by atoms with Crippen LogP contribution in [0.1, 0.15) is 45.3 Å². The number of rotatable bonds is 7. The maximum atomic E-state index is 12.0. The predicted octanol–water partition coefficient (Wildman–Crippen LogP) is 2.61. The first-order valence-corrected chi connectivity index (χ1v) is 11.4. The number of aliphatic imine (C=N–C) groups is 1. The lowest BCUT2D eigenvalue weighted by molar-refractivity contribution is -0.129. The summed E-state index contributed by atoms with van der Waals surface area (Å²) in [4.78, 5) is 32.4. The third-order valence-corrected chi connectivity index (χ3v) is 5.75. The second-order valence-electron chi connectivity index (χ2n) is 7.99. The molecule has 2 aliphatic rings. The van der Waals surface area contributed by atoms with Crippen LogP contribution in [0.5, 0.6) is 0 Å². The third-order valence-electron chi connectivity index (χ3n) is 5.75. The SMILES string of the molecule is CCOC(=O)N1CCC(NC(=NCCc2ccco2)NC2CCN(C(=O)CC)C2)CC1.I. The quantitative estimate of drug-likeness (QED) is 0.302. The fraction of sp³-hybridized carbons (Fsp3) is 0.682. The number of hydrogen-bond donors (Lipinski definition) is 2. The standard InChI is InChI=1S/C22H35N5O4.HI/c1-3-20(28)27-14-10-18(16-27)25-21(23-11-7-19-6-5-15-31-19)24-17-8-12-26(13-9-17)22(29)30-4-2;/h5-6,15,17-18H,3-4,7-14,16H2,1-2H3,(H2,23,24,25);1H. The van der Waals surface area contributed by atoms with Gasteiger partial charge in [-0.2, -0.15) is 0 Å². The summed E-state index contributed by atoms with van der Waals surface area (Å²) in [5.41, 5.74) is 0. The fourth-order valence-electron chi connectivity index (χ4n) is 4.00. The van der Waals surface area contributed by atoms with Gasteiger partial charge >= 0.3 is 6.09 Å². The van der Waals surface area contributed by atoms with Gasteiger partial charge in [0.25, 0.3) is 0 Å². The average Bonchev–Trinajstić information content (AvgIpc) is 3.46. The van der Waals surface area contributed by atoms with Crippen LogP contribution in [0.4, 0.5) is 4.79 Å². The third kappa shape index (κ3) is 7.86. The van der Waals surface area contributed by atoms with E-state index in [1.807, 2.05) is 30.9 Å². The summed E-state index contributed by atoms with van der Waals surface area (Å²) in [6, 6.07) is 4.25. The summed E-state index contributed by atoms with van der Waals surface area (Å²) < 4.78 is 10.5. The number of ether oxygens (including phenoxy) is 1. The highest BCUT2D eigenvalue weighted by Crippen LogP contribution is 2.13. The van der Waals surface area contributed by atoms with Crippen molar-refractivity contribution in [3.8, 4) is 0 Å². The number of guanidine groups is 1. The number of likely N-dealkylation sites (tertiary alicyclic amines) is 2. The van der Waals surface area contributed by atoms with Crippen LogP contribution in [0.25, 0.3) is 0 Å². The molecule has 0 aliphatic carbocycles. The first kappa shape index (κ1) is 26.3. The molecule has 32 heavy (non-hydrogen) atoms. The molecule has 0 radical (unpaired) electrons. The number of carbonyl (C=O) groups excluding carboxylic acids is 2. The van der Waals surface area contributed by atoms with Gasteiger partial charge in [-0.15, -0.1) is 24.0 Å². The van der Waals surface area contributed by atoms with Gasteiger partial charge in [-0.1, -0.05) is 6.92 Å². The highest BCUT2D eigenvalue weighted by Gasteiger charge is 2.28. The second kappa shape index (κ2) is 13.5. The van der Waals surface area contributed by atoms with Crippen molar-refractivity contribution in [1.82, 2.24) is 20.4 Å². The molecule has 2 N–H and O–H groups in total. The number of hydrogen-bond acceptors (Lipinski definition) is 5. The summed E-state index contributed by atoms with van der Waals surface area (Å²) in [7, 11) is 0. The minimum absolute atomic E-state index is 0. The van der Waals surface area contributed by atoms with E-state index in [-0.39, 0.29) is 48.1 Å². The Labute approximate surface area is 207 Å². The van der Waals surface area contributed by atoms with Gasteiger partial charge in [0.05, 0.1) is 12.9 Å².